The third-order valence-corrected chi connectivity index (χ3v) is 4.38. The standard InChI is InChI=1S/C16H24FNO/c1-11-4-6-12(7-5-11)16(18-2)13-8-9-15(19-3)14(17)10-13/h8-12,16,18H,4-7H2,1-3H3. The number of benzene rings is 1. The van der Waals surface area contributed by atoms with Gasteiger partial charge >= 0.3 is 0 Å². The summed E-state index contributed by atoms with van der Waals surface area (Å²) in [7, 11) is 3.46. The maximum absolute atomic E-state index is 13.8. The molecular formula is C16H24FNO. The van der Waals surface area contributed by atoms with Crippen LogP contribution in [-0.4, -0.2) is 14.2 Å². The molecule has 1 aliphatic rings. The van der Waals surface area contributed by atoms with E-state index in [1.165, 1.54) is 32.8 Å². The van der Waals surface area contributed by atoms with Crippen LogP contribution in [0.15, 0.2) is 18.2 Å². The molecule has 0 aliphatic heterocycles. The van der Waals surface area contributed by atoms with Gasteiger partial charge in [-0.2, -0.15) is 0 Å². The SMILES string of the molecule is CNC(c1ccc(OC)c(F)c1)C1CCC(C)CC1. The lowest BCUT2D eigenvalue weighted by molar-refractivity contribution is 0.237. The summed E-state index contributed by atoms with van der Waals surface area (Å²) in [5.74, 6) is 1.48. The Bertz CT molecular complexity index is 413. The Hall–Kier alpha value is -1.09. The van der Waals surface area contributed by atoms with E-state index in [9.17, 15) is 4.39 Å². The normalized spacial score (nSPS) is 25.1. The first-order chi connectivity index (χ1) is 9.15. The van der Waals surface area contributed by atoms with Gasteiger partial charge in [0.1, 0.15) is 0 Å². The number of ether oxygens (including phenoxy) is 1. The zero-order valence-electron chi connectivity index (χ0n) is 12.1. The summed E-state index contributed by atoms with van der Waals surface area (Å²) in [5, 5.41) is 3.36. The Balaban J connectivity index is 2.15. The van der Waals surface area contributed by atoms with Crippen molar-refractivity contribution in [2.24, 2.45) is 11.8 Å². The molecule has 3 heteroatoms. The van der Waals surface area contributed by atoms with Crippen LogP contribution < -0.4 is 10.1 Å². The van der Waals surface area contributed by atoms with Gasteiger partial charge in [-0.15, -0.1) is 0 Å². The first kappa shape index (κ1) is 14.3. The van der Waals surface area contributed by atoms with Gasteiger partial charge in [-0.3, -0.25) is 0 Å². The monoisotopic (exact) mass is 265 g/mol. The van der Waals surface area contributed by atoms with Gasteiger partial charge < -0.3 is 10.1 Å². The zero-order chi connectivity index (χ0) is 13.8. The van der Waals surface area contributed by atoms with Crippen LogP contribution in [0.1, 0.15) is 44.2 Å². The topological polar surface area (TPSA) is 21.3 Å². The van der Waals surface area contributed by atoms with Gasteiger partial charge in [0.15, 0.2) is 11.6 Å². The zero-order valence-corrected chi connectivity index (χ0v) is 12.1. The lowest BCUT2D eigenvalue weighted by atomic mass is 9.77. The first-order valence-corrected chi connectivity index (χ1v) is 7.16. The number of rotatable bonds is 4. The molecule has 1 aliphatic carbocycles. The maximum atomic E-state index is 13.8. The van der Waals surface area contributed by atoms with Gasteiger partial charge in [0.25, 0.3) is 0 Å². The quantitative estimate of drug-likeness (QED) is 0.891. The minimum Gasteiger partial charge on any atom is -0.494 e. The second kappa shape index (κ2) is 6.38. The van der Waals surface area contributed by atoms with Crippen LogP contribution in [0.5, 0.6) is 5.75 Å². The van der Waals surface area contributed by atoms with Gasteiger partial charge in [0, 0.05) is 6.04 Å². The van der Waals surface area contributed by atoms with E-state index in [1.54, 1.807) is 12.1 Å². The summed E-state index contributed by atoms with van der Waals surface area (Å²) in [6.07, 6.45) is 5.00. The van der Waals surface area contributed by atoms with Crippen LogP contribution in [0.3, 0.4) is 0 Å². The molecule has 0 spiro atoms. The van der Waals surface area contributed by atoms with E-state index in [0.29, 0.717) is 11.7 Å². The summed E-state index contributed by atoms with van der Waals surface area (Å²) in [4.78, 5) is 0. The van der Waals surface area contributed by atoms with Crippen LogP contribution in [0.4, 0.5) is 4.39 Å². The summed E-state index contributed by atoms with van der Waals surface area (Å²) >= 11 is 0. The predicted octanol–water partition coefficient (Wildman–Crippen LogP) is 3.92. The molecule has 0 radical (unpaired) electrons. The van der Waals surface area contributed by atoms with Crippen molar-refractivity contribution in [3.05, 3.63) is 29.6 Å². The van der Waals surface area contributed by atoms with Crippen molar-refractivity contribution in [1.82, 2.24) is 5.32 Å². The van der Waals surface area contributed by atoms with Crippen molar-refractivity contribution in [3.8, 4) is 5.75 Å². The molecule has 0 saturated heterocycles. The van der Waals surface area contributed by atoms with E-state index in [1.807, 2.05) is 13.1 Å². The van der Waals surface area contributed by atoms with Crippen molar-refractivity contribution in [2.45, 2.75) is 38.6 Å². The van der Waals surface area contributed by atoms with E-state index >= 15 is 0 Å². The van der Waals surface area contributed by atoms with Crippen molar-refractivity contribution >= 4 is 0 Å². The van der Waals surface area contributed by atoms with E-state index < -0.39 is 0 Å². The van der Waals surface area contributed by atoms with E-state index in [2.05, 4.69) is 12.2 Å². The van der Waals surface area contributed by atoms with E-state index in [-0.39, 0.29) is 11.9 Å². The third kappa shape index (κ3) is 3.27. The number of hydrogen-bond donors (Lipinski definition) is 1. The number of hydrogen-bond acceptors (Lipinski definition) is 2. The summed E-state index contributed by atoms with van der Waals surface area (Å²) in [5.41, 5.74) is 1.03. The van der Waals surface area contributed by atoms with Crippen molar-refractivity contribution in [1.29, 1.82) is 0 Å². The molecule has 1 aromatic rings. The third-order valence-electron chi connectivity index (χ3n) is 4.38. The Morgan fingerprint density at radius 2 is 1.95 bits per heavy atom. The molecule has 0 aromatic heterocycles. The largest absolute Gasteiger partial charge is 0.494 e. The van der Waals surface area contributed by atoms with Gasteiger partial charge in [0.2, 0.25) is 0 Å². The molecule has 0 heterocycles. The number of halogens is 1. The van der Waals surface area contributed by atoms with Gasteiger partial charge in [0.05, 0.1) is 7.11 Å². The summed E-state index contributed by atoms with van der Waals surface area (Å²) in [6, 6.07) is 5.55. The first-order valence-electron chi connectivity index (χ1n) is 7.16. The van der Waals surface area contributed by atoms with Crippen molar-refractivity contribution in [3.63, 3.8) is 0 Å². The maximum Gasteiger partial charge on any atom is 0.165 e. The second-order valence-corrected chi connectivity index (χ2v) is 5.68. The molecule has 1 atom stereocenters. The minimum absolute atomic E-state index is 0.243. The summed E-state index contributed by atoms with van der Waals surface area (Å²) < 4.78 is 18.8. The molecule has 1 N–H and O–H groups in total. The van der Waals surface area contributed by atoms with Crippen molar-refractivity contribution in [2.75, 3.05) is 14.2 Å². The van der Waals surface area contributed by atoms with Crippen LogP contribution in [0, 0.1) is 17.7 Å². The smallest absolute Gasteiger partial charge is 0.165 e. The average molecular weight is 265 g/mol. The molecule has 0 bridgehead atoms. The number of nitrogens with one attached hydrogen (secondary N) is 1. The molecule has 2 nitrogen and oxygen atoms in total. The molecule has 19 heavy (non-hydrogen) atoms. The molecule has 1 unspecified atom stereocenters. The second-order valence-electron chi connectivity index (χ2n) is 5.68. The molecule has 1 fully saturated rings. The molecule has 1 aromatic carbocycles. The lowest BCUT2D eigenvalue weighted by Gasteiger charge is -2.33. The Morgan fingerprint density at radius 1 is 1.26 bits per heavy atom. The van der Waals surface area contributed by atoms with Gasteiger partial charge in [-0.05, 0) is 49.4 Å². The highest BCUT2D eigenvalue weighted by atomic mass is 19.1. The highest BCUT2D eigenvalue weighted by Gasteiger charge is 2.26. The average Bonchev–Trinajstić information content (AvgIpc) is 2.42. The lowest BCUT2D eigenvalue weighted by Crippen LogP contribution is -2.28. The summed E-state index contributed by atoms with van der Waals surface area (Å²) in [6.45, 7) is 2.32. The molecule has 0 amide bonds. The van der Waals surface area contributed by atoms with E-state index in [4.69, 9.17) is 4.74 Å². The van der Waals surface area contributed by atoms with Crippen LogP contribution in [0.25, 0.3) is 0 Å². The number of methoxy groups -OCH3 is 1. The Kier molecular flexibility index (Phi) is 4.81. The van der Waals surface area contributed by atoms with Gasteiger partial charge in [-0.1, -0.05) is 25.8 Å². The van der Waals surface area contributed by atoms with Crippen molar-refractivity contribution < 1.29 is 9.13 Å². The van der Waals surface area contributed by atoms with Crippen LogP contribution in [-0.2, 0) is 0 Å². The predicted molar refractivity (Wildman–Crippen MR) is 75.9 cm³/mol. The Morgan fingerprint density at radius 3 is 2.47 bits per heavy atom. The Labute approximate surface area is 115 Å². The molecule has 1 saturated carbocycles. The molecule has 106 valence electrons. The minimum atomic E-state index is -0.274. The fourth-order valence-corrected chi connectivity index (χ4v) is 3.17. The van der Waals surface area contributed by atoms with E-state index in [0.717, 1.165) is 11.5 Å². The van der Waals surface area contributed by atoms with Crippen LogP contribution in [0.2, 0.25) is 0 Å². The highest BCUT2D eigenvalue weighted by molar-refractivity contribution is 5.31. The van der Waals surface area contributed by atoms with Crippen LogP contribution >= 0.6 is 0 Å². The molecule has 2 rings (SSSR count). The molecular weight excluding hydrogens is 241 g/mol. The highest BCUT2D eigenvalue weighted by Crippen LogP contribution is 2.37. The fourth-order valence-electron chi connectivity index (χ4n) is 3.17. The van der Waals surface area contributed by atoms with Gasteiger partial charge in [-0.25, -0.2) is 4.39 Å². The fraction of sp³-hybridized carbons (Fsp3) is 0.625.